The summed E-state index contributed by atoms with van der Waals surface area (Å²) in [6.45, 7) is 0. The van der Waals surface area contributed by atoms with Gasteiger partial charge in [0.2, 0.25) is 0 Å². The van der Waals surface area contributed by atoms with Crippen molar-refractivity contribution in [3.05, 3.63) is 35.9 Å². The third-order valence-electron chi connectivity index (χ3n) is 2.66. The summed E-state index contributed by atoms with van der Waals surface area (Å²) >= 11 is 6.39. The van der Waals surface area contributed by atoms with Crippen molar-refractivity contribution in [1.29, 1.82) is 0 Å². The summed E-state index contributed by atoms with van der Waals surface area (Å²) in [6, 6.07) is 10.5. The minimum atomic E-state index is 0.234. The van der Waals surface area contributed by atoms with Crippen LogP contribution in [0.3, 0.4) is 0 Å². The summed E-state index contributed by atoms with van der Waals surface area (Å²) in [5.41, 5.74) is 1.29. The van der Waals surface area contributed by atoms with E-state index in [1.54, 1.807) is 0 Å². The maximum Gasteiger partial charge on any atom is 0.128 e. The van der Waals surface area contributed by atoms with Gasteiger partial charge in [0.1, 0.15) is 22.6 Å². The van der Waals surface area contributed by atoms with Crippen LogP contribution in [0.5, 0.6) is 0 Å². The van der Waals surface area contributed by atoms with E-state index in [0.29, 0.717) is 10.9 Å². The molecule has 1 heterocycles. The van der Waals surface area contributed by atoms with Crippen molar-refractivity contribution >= 4 is 22.5 Å². The highest BCUT2D eigenvalue weighted by molar-refractivity contribution is 7.97. The lowest BCUT2D eigenvalue weighted by molar-refractivity contribution is 0.949. The van der Waals surface area contributed by atoms with E-state index in [4.69, 9.17) is 11.6 Å². The highest BCUT2D eigenvalue weighted by atomic mass is 35.5. The van der Waals surface area contributed by atoms with E-state index >= 15 is 0 Å². The molecule has 1 unspecified atom stereocenters. The molecule has 0 bridgehead atoms. The summed E-state index contributed by atoms with van der Waals surface area (Å²) in [5, 5.41) is 0.234. The molecule has 1 saturated heterocycles. The molecule has 1 aliphatic rings. The second kappa shape index (κ2) is 5.09. The zero-order chi connectivity index (χ0) is 9.80. The molecule has 1 aliphatic heterocycles. The number of hydrogen-bond donors (Lipinski definition) is 0. The van der Waals surface area contributed by atoms with Gasteiger partial charge in [-0.05, 0) is 29.3 Å². The molecule has 14 heavy (non-hydrogen) atoms. The number of alkyl halides is 1. The van der Waals surface area contributed by atoms with Gasteiger partial charge < -0.3 is 0 Å². The van der Waals surface area contributed by atoms with Gasteiger partial charge in [-0.15, -0.1) is 11.6 Å². The molecular weight excluding hydrogens is 212 g/mol. The first-order valence-corrected chi connectivity index (χ1v) is 7.36. The molecule has 0 amide bonds. The lowest BCUT2D eigenvalue weighted by atomic mass is 10.2. The van der Waals surface area contributed by atoms with Crippen molar-refractivity contribution in [3.63, 3.8) is 0 Å². The Morgan fingerprint density at radius 2 is 1.79 bits per heavy atom. The van der Waals surface area contributed by atoms with Gasteiger partial charge in [0.15, 0.2) is 0 Å². The zero-order valence-corrected chi connectivity index (χ0v) is 9.86. The maximum absolute atomic E-state index is 6.39. The molecule has 1 atom stereocenters. The van der Waals surface area contributed by atoms with Crippen molar-refractivity contribution in [2.24, 2.45) is 0 Å². The van der Waals surface area contributed by atoms with E-state index in [1.165, 1.54) is 35.7 Å². The lowest BCUT2D eigenvalue weighted by Crippen LogP contribution is -2.13. The van der Waals surface area contributed by atoms with Gasteiger partial charge in [-0.3, -0.25) is 0 Å². The van der Waals surface area contributed by atoms with Crippen molar-refractivity contribution in [1.82, 2.24) is 0 Å². The Kier molecular flexibility index (Phi) is 3.77. The first-order chi connectivity index (χ1) is 6.86. The van der Waals surface area contributed by atoms with Crippen molar-refractivity contribution in [3.8, 4) is 0 Å². The summed E-state index contributed by atoms with van der Waals surface area (Å²) in [7, 11) is 0.610. The Morgan fingerprint density at radius 3 is 2.43 bits per heavy atom. The summed E-state index contributed by atoms with van der Waals surface area (Å²) in [5.74, 6) is 4.01. The van der Waals surface area contributed by atoms with Crippen molar-refractivity contribution < 1.29 is 0 Å². The Labute approximate surface area is 94.0 Å². The molecule has 0 aliphatic carbocycles. The largest absolute Gasteiger partial charge is 0.128 e. The molecule has 0 radical (unpaired) electrons. The van der Waals surface area contributed by atoms with E-state index in [9.17, 15) is 0 Å². The van der Waals surface area contributed by atoms with E-state index in [0.717, 1.165) is 0 Å². The van der Waals surface area contributed by atoms with Crippen LogP contribution in [0.4, 0.5) is 0 Å². The fraction of sp³-hybridized carbons (Fsp3) is 0.500. The Bertz CT molecular complexity index is 267. The first kappa shape index (κ1) is 10.4. The Balaban J connectivity index is 1.92. The minimum Gasteiger partial charge on any atom is -0.113 e. The predicted octanol–water partition coefficient (Wildman–Crippen LogP) is 3.38. The van der Waals surface area contributed by atoms with Crippen LogP contribution < -0.4 is 0 Å². The third kappa shape index (κ3) is 2.68. The van der Waals surface area contributed by atoms with Gasteiger partial charge in [-0.2, -0.15) is 0 Å². The highest BCUT2D eigenvalue weighted by Crippen LogP contribution is 2.26. The van der Waals surface area contributed by atoms with Gasteiger partial charge in [0.05, 0.1) is 0 Å². The van der Waals surface area contributed by atoms with Crippen molar-refractivity contribution in [2.45, 2.75) is 18.2 Å². The fourth-order valence-corrected chi connectivity index (χ4v) is 4.89. The van der Waals surface area contributed by atoms with E-state index in [-0.39, 0.29) is 5.38 Å². The Hall–Kier alpha value is -0.140. The topological polar surface area (TPSA) is 0 Å². The lowest BCUT2D eigenvalue weighted by Gasteiger charge is -2.08. The molecule has 0 spiro atoms. The number of benzene rings is 1. The van der Waals surface area contributed by atoms with E-state index < -0.39 is 0 Å². The molecule has 1 fully saturated rings. The summed E-state index contributed by atoms with van der Waals surface area (Å²) in [4.78, 5) is 0. The van der Waals surface area contributed by atoms with Crippen LogP contribution in [0, 0.1) is 0 Å². The van der Waals surface area contributed by atoms with Crippen molar-refractivity contribution in [2.75, 3.05) is 17.3 Å². The molecule has 76 valence electrons. The average Bonchev–Trinajstić information content (AvgIpc) is 2.72. The smallest absolute Gasteiger partial charge is 0.113 e. The van der Waals surface area contributed by atoms with E-state index in [2.05, 4.69) is 24.3 Å². The van der Waals surface area contributed by atoms with Gasteiger partial charge >= 0.3 is 0 Å². The maximum atomic E-state index is 6.39. The monoisotopic (exact) mass is 227 g/mol. The number of rotatable bonds is 3. The second-order valence-electron chi connectivity index (χ2n) is 3.77. The molecule has 1 aromatic rings. The third-order valence-corrected chi connectivity index (χ3v) is 5.79. The highest BCUT2D eigenvalue weighted by Gasteiger charge is 2.27. The van der Waals surface area contributed by atoms with Crippen LogP contribution >= 0.6 is 11.6 Å². The normalized spacial score (nSPS) is 19.8. The summed E-state index contributed by atoms with van der Waals surface area (Å²) in [6.07, 6.45) is 2.84. The van der Waals surface area contributed by atoms with Crippen LogP contribution in [0.1, 0.15) is 23.8 Å². The second-order valence-corrected chi connectivity index (χ2v) is 6.67. The number of hydrogen-bond acceptors (Lipinski definition) is 0. The van der Waals surface area contributed by atoms with Gasteiger partial charge in [-0.1, -0.05) is 30.3 Å². The fourth-order valence-electron chi connectivity index (χ4n) is 1.85. The van der Waals surface area contributed by atoms with Crippen LogP contribution in [-0.2, 0) is 10.9 Å². The molecule has 2 rings (SSSR count). The average molecular weight is 228 g/mol. The molecule has 0 N–H and O–H groups in total. The SMILES string of the molecule is ClC(C[S+]1CCCC1)c1ccccc1. The molecule has 0 saturated carbocycles. The van der Waals surface area contributed by atoms with Crippen LogP contribution in [0.2, 0.25) is 0 Å². The van der Waals surface area contributed by atoms with Gasteiger partial charge in [0, 0.05) is 0 Å². The molecular formula is C12H16ClS+. The molecule has 0 nitrogen and oxygen atoms in total. The van der Waals surface area contributed by atoms with Crippen LogP contribution in [0.15, 0.2) is 30.3 Å². The predicted molar refractivity (Wildman–Crippen MR) is 66.2 cm³/mol. The quantitative estimate of drug-likeness (QED) is 0.549. The van der Waals surface area contributed by atoms with E-state index in [1.807, 2.05) is 6.07 Å². The summed E-state index contributed by atoms with van der Waals surface area (Å²) < 4.78 is 0. The minimum absolute atomic E-state index is 0.234. The van der Waals surface area contributed by atoms with Gasteiger partial charge in [0.25, 0.3) is 0 Å². The molecule has 1 aromatic carbocycles. The number of halogens is 1. The van der Waals surface area contributed by atoms with Gasteiger partial charge in [-0.25, -0.2) is 0 Å². The zero-order valence-electron chi connectivity index (χ0n) is 8.29. The Morgan fingerprint density at radius 1 is 1.14 bits per heavy atom. The van der Waals surface area contributed by atoms with Crippen LogP contribution in [-0.4, -0.2) is 17.3 Å². The van der Waals surface area contributed by atoms with Crippen LogP contribution in [0.25, 0.3) is 0 Å². The standard InChI is InChI=1S/C12H16ClS/c13-12(10-14-8-4-5-9-14)11-6-2-1-3-7-11/h1-3,6-7,12H,4-5,8-10H2/q+1. The molecule has 0 aromatic heterocycles. The molecule has 2 heteroatoms. The first-order valence-electron chi connectivity index (χ1n) is 5.19.